The molecule has 4 rings (SSSR count). The summed E-state index contributed by atoms with van der Waals surface area (Å²) in [5.41, 5.74) is 1.70. The largest absolute Gasteiger partial charge is 0.334 e. The zero-order valence-corrected chi connectivity index (χ0v) is 15.2. The Morgan fingerprint density at radius 1 is 1.00 bits per heavy atom. The van der Waals surface area contributed by atoms with Gasteiger partial charge in [0.2, 0.25) is 0 Å². The summed E-state index contributed by atoms with van der Waals surface area (Å²) in [5, 5.41) is 8.79. The molecule has 1 saturated heterocycles. The molecule has 1 fully saturated rings. The van der Waals surface area contributed by atoms with Crippen LogP contribution in [-0.2, 0) is 0 Å². The molecule has 3 aromatic rings. The lowest BCUT2D eigenvalue weighted by Gasteiger charge is -2.34. The Bertz CT molecular complexity index is 945. The van der Waals surface area contributed by atoms with Crippen molar-refractivity contribution in [2.75, 3.05) is 26.2 Å². The Morgan fingerprint density at radius 3 is 2.30 bits per heavy atom. The Morgan fingerprint density at radius 2 is 1.67 bits per heavy atom. The van der Waals surface area contributed by atoms with Crippen LogP contribution in [0.3, 0.4) is 0 Å². The minimum Gasteiger partial charge on any atom is -0.334 e. The van der Waals surface area contributed by atoms with Gasteiger partial charge in [0, 0.05) is 31.7 Å². The van der Waals surface area contributed by atoms with Gasteiger partial charge in [0.05, 0.1) is 10.6 Å². The third kappa shape index (κ3) is 3.61. The molecule has 1 aromatic carbocycles. The highest BCUT2D eigenvalue weighted by atomic mass is 32.1. The minimum absolute atomic E-state index is 0.0113. The fraction of sp³-hybridized carbons (Fsp3) is 0.211. The van der Waals surface area contributed by atoms with Gasteiger partial charge >= 0.3 is 0 Å². The van der Waals surface area contributed by atoms with Crippen LogP contribution in [-0.4, -0.2) is 58.0 Å². The first-order valence-corrected chi connectivity index (χ1v) is 9.43. The van der Waals surface area contributed by atoms with E-state index in [0.717, 1.165) is 5.56 Å². The van der Waals surface area contributed by atoms with Crippen molar-refractivity contribution < 1.29 is 14.0 Å². The maximum absolute atomic E-state index is 13.0. The van der Waals surface area contributed by atoms with Crippen molar-refractivity contribution in [3.63, 3.8) is 0 Å². The van der Waals surface area contributed by atoms with Crippen molar-refractivity contribution in [3.8, 4) is 11.3 Å². The fourth-order valence-corrected chi connectivity index (χ4v) is 3.73. The molecular formula is C19H17FN4O2S. The standard InChI is InChI=1S/C19H17FN4O2S/c20-14-5-3-13(4-6-14)15-12-16(22-21-15)18(25)23-7-9-24(10-8-23)19(26)17-2-1-11-27-17/h1-6,11-12H,7-10H2,(H,21,22). The summed E-state index contributed by atoms with van der Waals surface area (Å²) < 4.78 is 13.0. The molecule has 0 radical (unpaired) electrons. The number of hydrogen-bond acceptors (Lipinski definition) is 4. The smallest absolute Gasteiger partial charge is 0.272 e. The molecule has 1 N–H and O–H groups in total. The third-order valence-corrected chi connectivity index (χ3v) is 5.39. The zero-order valence-electron chi connectivity index (χ0n) is 14.4. The van der Waals surface area contributed by atoms with E-state index in [1.54, 1.807) is 28.0 Å². The predicted molar refractivity (Wildman–Crippen MR) is 100 cm³/mol. The number of nitrogens with zero attached hydrogens (tertiary/aromatic N) is 3. The van der Waals surface area contributed by atoms with Gasteiger partial charge in [0.15, 0.2) is 0 Å². The number of benzene rings is 1. The second-order valence-electron chi connectivity index (χ2n) is 6.24. The van der Waals surface area contributed by atoms with Gasteiger partial charge in [0.25, 0.3) is 11.8 Å². The topological polar surface area (TPSA) is 69.3 Å². The van der Waals surface area contributed by atoms with E-state index in [1.807, 2.05) is 17.5 Å². The lowest BCUT2D eigenvalue weighted by molar-refractivity contribution is 0.0535. The highest BCUT2D eigenvalue weighted by Crippen LogP contribution is 2.19. The van der Waals surface area contributed by atoms with E-state index >= 15 is 0 Å². The van der Waals surface area contributed by atoms with E-state index < -0.39 is 0 Å². The van der Waals surface area contributed by atoms with Crippen molar-refractivity contribution >= 4 is 23.2 Å². The molecular weight excluding hydrogens is 367 g/mol. The van der Waals surface area contributed by atoms with Crippen LogP contribution in [0.2, 0.25) is 0 Å². The molecule has 6 nitrogen and oxygen atoms in total. The number of amides is 2. The quantitative estimate of drug-likeness (QED) is 0.755. The van der Waals surface area contributed by atoms with Gasteiger partial charge < -0.3 is 9.80 Å². The monoisotopic (exact) mass is 384 g/mol. The summed E-state index contributed by atoms with van der Waals surface area (Å²) in [6, 6.07) is 11.3. The molecule has 0 saturated carbocycles. The molecule has 1 aliphatic rings. The first-order chi connectivity index (χ1) is 13.1. The molecule has 0 aliphatic carbocycles. The number of piperazine rings is 1. The second kappa shape index (κ2) is 7.32. The Labute approximate surface area is 159 Å². The van der Waals surface area contributed by atoms with Crippen molar-refractivity contribution in [2.24, 2.45) is 0 Å². The van der Waals surface area contributed by atoms with E-state index in [0.29, 0.717) is 42.4 Å². The van der Waals surface area contributed by atoms with E-state index in [1.165, 1.54) is 23.5 Å². The molecule has 27 heavy (non-hydrogen) atoms. The van der Waals surface area contributed by atoms with Crippen LogP contribution in [0.4, 0.5) is 4.39 Å². The fourth-order valence-electron chi connectivity index (χ4n) is 3.04. The Hall–Kier alpha value is -3.00. The van der Waals surface area contributed by atoms with Gasteiger partial charge in [-0.15, -0.1) is 11.3 Å². The molecule has 0 spiro atoms. The van der Waals surface area contributed by atoms with E-state index in [-0.39, 0.29) is 17.6 Å². The van der Waals surface area contributed by atoms with Crippen molar-refractivity contribution in [1.82, 2.24) is 20.0 Å². The summed E-state index contributed by atoms with van der Waals surface area (Å²) in [6.07, 6.45) is 0. The molecule has 0 atom stereocenters. The Balaban J connectivity index is 1.40. The zero-order chi connectivity index (χ0) is 18.8. The number of carbonyl (C=O) groups is 2. The van der Waals surface area contributed by atoms with Crippen LogP contribution in [0.1, 0.15) is 20.2 Å². The highest BCUT2D eigenvalue weighted by Gasteiger charge is 2.26. The van der Waals surface area contributed by atoms with Gasteiger partial charge in [-0.1, -0.05) is 6.07 Å². The number of nitrogens with one attached hydrogen (secondary N) is 1. The summed E-state index contributed by atoms with van der Waals surface area (Å²) in [6.45, 7) is 1.95. The average Bonchev–Trinajstić information content (AvgIpc) is 3.40. The minimum atomic E-state index is -0.319. The van der Waals surface area contributed by atoms with Gasteiger partial charge in [-0.2, -0.15) is 5.10 Å². The molecule has 3 heterocycles. The number of carbonyl (C=O) groups excluding carboxylic acids is 2. The van der Waals surface area contributed by atoms with Crippen LogP contribution < -0.4 is 0 Å². The molecule has 2 aromatic heterocycles. The van der Waals surface area contributed by atoms with E-state index in [2.05, 4.69) is 10.2 Å². The van der Waals surface area contributed by atoms with Crippen LogP contribution in [0.15, 0.2) is 47.8 Å². The SMILES string of the molecule is O=C(c1cc(-c2ccc(F)cc2)n[nH]1)N1CCN(C(=O)c2cccs2)CC1. The molecule has 0 bridgehead atoms. The molecule has 138 valence electrons. The van der Waals surface area contributed by atoms with Crippen molar-refractivity contribution in [2.45, 2.75) is 0 Å². The first-order valence-electron chi connectivity index (χ1n) is 8.55. The number of H-pyrrole nitrogens is 1. The van der Waals surface area contributed by atoms with Crippen molar-refractivity contribution in [1.29, 1.82) is 0 Å². The number of rotatable bonds is 3. The van der Waals surface area contributed by atoms with E-state index in [4.69, 9.17) is 0 Å². The van der Waals surface area contributed by atoms with Crippen molar-refractivity contribution in [3.05, 3.63) is 64.2 Å². The molecule has 8 heteroatoms. The summed E-state index contributed by atoms with van der Waals surface area (Å²) in [4.78, 5) is 29.3. The second-order valence-corrected chi connectivity index (χ2v) is 7.18. The Kier molecular flexibility index (Phi) is 4.72. The van der Waals surface area contributed by atoms with Gasteiger partial charge in [-0.25, -0.2) is 4.39 Å². The summed E-state index contributed by atoms with van der Waals surface area (Å²) in [7, 11) is 0. The maximum Gasteiger partial charge on any atom is 0.272 e. The molecule has 2 amide bonds. The number of hydrogen-bond donors (Lipinski definition) is 1. The van der Waals surface area contributed by atoms with Crippen LogP contribution in [0.5, 0.6) is 0 Å². The van der Waals surface area contributed by atoms with Gasteiger partial charge in [-0.3, -0.25) is 14.7 Å². The van der Waals surface area contributed by atoms with Gasteiger partial charge in [0.1, 0.15) is 11.5 Å². The lowest BCUT2D eigenvalue weighted by atomic mass is 10.1. The normalized spacial score (nSPS) is 14.4. The average molecular weight is 384 g/mol. The highest BCUT2D eigenvalue weighted by molar-refractivity contribution is 7.12. The van der Waals surface area contributed by atoms with Gasteiger partial charge in [-0.05, 0) is 41.8 Å². The maximum atomic E-state index is 13.0. The summed E-state index contributed by atoms with van der Waals surface area (Å²) >= 11 is 1.42. The first kappa shape index (κ1) is 17.4. The number of aromatic amines is 1. The number of thiophene rings is 1. The number of halogens is 1. The summed E-state index contributed by atoms with van der Waals surface area (Å²) in [5.74, 6) is -0.461. The third-order valence-electron chi connectivity index (χ3n) is 4.53. The number of aromatic nitrogens is 2. The molecule has 0 unspecified atom stereocenters. The van der Waals surface area contributed by atoms with E-state index in [9.17, 15) is 14.0 Å². The van der Waals surface area contributed by atoms with Crippen LogP contribution >= 0.6 is 11.3 Å². The predicted octanol–water partition coefficient (Wildman–Crippen LogP) is 2.88. The molecule has 1 aliphatic heterocycles. The van der Waals surface area contributed by atoms with Crippen LogP contribution in [0.25, 0.3) is 11.3 Å². The van der Waals surface area contributed by atoms with Crippen LogP contribution in [0, 0.1) is 5.82 Å². The lowest BCUT2D eigenvalue weighted by Crippen LogP contribution is -2.50.